The third-order valence-electron chi connectivity index (χ3n) is 3.09. The fourth-order valence-electron chi connectivity index (χ4n) is 2.06. The van der Waals surface area contributed by atoms with Gasteiger partial charge in [0.1, 0.15) is 0 Å². The quantitative estimate of drug-likeness (QED) is 0.719. The van der Waals surface area contributed by atoms with E-state index in [4.69, 9.17) is 0 Å². The second-order valence-corrected chi connectivity index (χ2v) is 7.15. The van der Waals surface area contributed by atoms with Gasteiger partial charge < -0.3 is 5.11 Å². The molecule has 1 aromatic carbocycles. The summed E-state index contributed by atoms with van der Waals surface area (Å²) in [5.41, 5.74) is 0.379. The normalized spacial score (nSPS) is 13.4. The lowest BCUT2D eigenvalue weighted by Gasteiger charge is -2.18. The zero-order chi connectivity index (χ0) is 16.0. The number of Topliss-reactive ketones (excluding diaryl/α,β-unsaturated/α-hetero) is 1. The van der Waals surface area contributed by atoms with Crippen LogP contribution in [0.4, 0.5) is 0 Å². The van der Waals surface area contributed by atoms with E-state index in [0.29, 0.717) is 18.4 Å². The molecule has 0 aliphatic rings. The van der Waals surface area contributed by atoms with Gasteiger partial charge in [-0.05, 0) is 24.5 Å². The molecule has 0 amide bonds. The van der Waals surface area contributed by atoms with E-state index in [2.05, 4.69) is 4.72 Å². The van der Waals surface area contributed by atoms with E-state index < -0.39 is 16.1 Å². The third-order valence-corrected chi connectivity index (χ3v) is 4.60. The number of carbonyl (C=O) groups excluding carboxylic acids is 1. The Morgan fingerprint density at radius 2 is 2.00 bits per heavy atom. The molecule has 21 heavy (non-hydrogen) atoms. The molecule has 6 heteroatoms. The van der Waals surface area contributed by atoms with Gasteiger partial charge in [-0.15, -0.1) is 0 Å². The van der Waals surface area contributed by atoms with E-state index in [1.807, 2.05) is 13.8 Å². The number of ketones is 1. The molecule has 0 saturated carbocycles. The maximum absolute atomic E-state index is 12.3. The molecule has 0 heterocycles. The molecule has 0 aromatic heterocycles. The average molecular weight is 313 g/mol. The van der Waals surface area contributed by atoms with Crippen LogP contribution in [0.5, 0.6) is 0 Å². The summed E-state index contributed by atoms with van der Waals surface area (Å²) in [4.78, 5) is 11.7. The lowest BCUT2D eigenvalue weighted by molar-refractivity contribution is 0.0988. The molecule has 0 aliphatic heterocycles. The van der Waals surface area contributed by atoms with Crippen LogP contribution in [-0.4, -0.2) is 32.0 Å². The highest BCUT2D eigenvalue weighted by Crippen LogP contribution is 2.15. The number of hydrogen-bond donors (Lipinski definition) is 2. The summed E-state index contributed by atoms with van der Waals surface area (Å²) in [7, 11) is -3.74. The number of nitrogens with one attached hydrogen (secondary N) is 1. The van der Waals surface area contributed by atoms with E-state index in [-0.39, 0.29) is 23.2 Å². The first-order valence-corrected chi connectivity index (χ1v) is 8.55. The van der Waals surface area contributed by atoms with Crippen LogP contribution in [0.15, 0.2) is 29.2 Å². The summed E-state index contributed by atoms with van der Waals surface area (Å²) in [6, 6.07) is 5.44. The summed E-state index contributed by atoms with van der Waals surface area (Å²) >= 11 is 0. The first-order chi connectivity index (χ1) is 9.80. The fraction of sp³-hybridized carbons (Fsp3) is 0.533. The van der Waals surface area contributed by atoms with Crippen molar-refractivity contribution in [3.8, 4) is 0 Å². The molecule has 1 atom stereocenters. The van der Waals surface area contributed by atoms with Crippen molar-refractivity contribution in [2.24, 2.45) is 5.92 Å². The minimum absolute atomic E-state index is 0.0454. The summed E-state index contributed by atoms with van der Waals surface area (Å²) in [5.74, 6) is 0.158. The van der Waals surface area contributed by atoms with Gasteiger partial charge in [0.05, 0.1) is 11.5 Å². The van der Waals surface area contributed by atoms with E-state index in [9.17, 15) is 18.3 Å². The molecule has 1 rings (SSSR count). The monoisotopic (exact) mass is 313 g/mol. The van der Waals surface area contributed by atoms with Crippen molar-refractivity contribution in [3.05, 3.63) is 29.8 Å². The molecule has 0 aliphatic carbocycles. The number of aliphatic hydroxyl groups is 1. The Hall–Kier alpha value is -1.24. The maximum atomic E-state index is 12.3. The molecule has 1 aromatic rings. The maximum Gasteiger partial charge on any atom is 0.240 e. The largest absolute Gasteiger partial charge is 0.395 e. The smallest absolute Gasteiger partial charge is 0.240 e. The predicted molar refractivity (Wildman–Crippen MR) is 81.7 cm³/mol. The van der Waals surface area contributed by atoms with Gasteiger partial charge in [0.2, 0.25) is 10.0 Å². The number of carbonyl (C=O) groups is 1. The standard InChI is InChI=1S/C15H23NO4S/c1-4-15(18)12-6-5-7-14(9-12)21(19,20)16-13(10-17)8-11(2)3/h5-7,9,11,13,16-17H,4,8,10H2,1-3H3. The van der Waals surface area contributed by atoms with E-state index in [1.165, 1.54) is 12.1 Å². The van der Waals surface area contributed by atoms with Crippen LogP contribution in [0, 0.1) is 5.92 Å². The van der Waals surface area contributed by atoms with Crippen LogP contribution in [0.1, 0.15) is 44.0 Å². The van der Waals surface area contributed by atoms with E-state index in [1.54, 1.807) is 19.1 Å². The summed E-state index contributed by atoms with van der Waals surface area (Å²) < 4.78 is 27.1. The van der Waals surface area contributed by atoms with Crippen molar-refractivity contribution in [2.45, 2.75) is 44.6 Å². The van der Waals surface area contributed by atoms with Gasteiger partial charge in [0, 0.05) is 18.0 Å². The minimum atomic E-state index is -3.74. The zero-order valence-corrected chi connectivity index (χ0v) is 13.5. The van der Waals surface area contributed by atoms with Crippen LogP contribution >= 0.6 is 0 Å². The fourth-order valence-corrected chi connectivity index (χ4v) is 3.34. The van der Waals surface area contributed by atoms with Crippen LogP contribution < -0.4 is 4.72 Å². The first-order valence-electron chi connectivity index (χ1n) is 7.06. The van der Waals surface area contributed by atoms with Gasteiger partial charge in [-0.25, -0.2) is 13.1 Å². The van der Waals surface area contributed by atoms with Gasteiger partial charge in [-0.2, -0.15) is 0 Å². The summed E-state index contributed by atoms with van der Waals surface area (Å²) in [6.45, 7) is 5.38. The Bertz CT molecular complexity index is 581. The Labute approximate surface area is 126 Å². The van der Waals surface area contributed by atoms with Crippen molar-refractivity contribution >= 4 is 15.8 Å². The Kier molecular flexibility index (Phi) is 6.51. The second-order valence-electron chi connectivity index (χ2n) is 5.43. The van der Waals surface area contributed by atoms with Crippen molar-refractivity contribution < 1.29 is 18.3 Å². The molecule has 0 radical (unpaired) electrons. The Morgan fingerprint density at radius 3 is 2.52 bits per heavy atom. The summed E-state index contributed by atoms with van der Waals surface area (Å²) in [5, 5.41) is 9.28. The predicted octanol–water partition coefficient (Wildman–Crippen LogP) is 1.96. The van der Waals surface area contributed by atoms with Crippen molar-refractivity contribution in [1.82, 2.24) is 4.72 Å². The number of sulfonamides is 1. The number of aliphatic hydroxyl groups excluding tert-OH is 1. The zero-order valence-electron chi connectivity index (χ0n) is 12.7. The molecule has 118 valence electrons. The molecule has 0 saturated heterocycles. The van der Waals surface area contributed by atoms with Crippen LogP contribution in [0.25, 0.3) is 0 Å². The van der Waals surface area contributed by atoms with Crippen LogP contribution in [0.2, 0.25) is 0 Å². The number of benzene rings is 1. The SMILES string of the molecule is CCC(=O)c1cccc(S(=O)(=O)NC(CO)CC(C)C)c1. The Balaban J connectivity index is 2.99. The van der Waals surface area contributed by atoms with Gasteiger partial charge in [0.15, 0.2) is 5.78 Å². The van der Waals surface area contributed by atoms with Crippen LogP contribution in [0.3, 0.4) is 0 Å². The topological polar surface area (TPSA) is 83.5 Å². The highest BCUT2D eigenvalue weighted by atomic mass is 32.2. The van der Waals surface area contributed by atoms with Crippen molar-refractivity contribution in [1.29, 1.82) is 0 Å². The number of rotatable bonds is 8. The van der Waals surface area contributed by atoms with Gasteiger partial charge in [-0.1, -0.05) is 32.9 Å². The molecule has 0 spiro atoms. The third kappa shape index (κ3) is 5.22. The van der Waals surface area contributed by atoms with Crippen LogP contribution in [-0.2, 0) is 10.0 Å². The van der Waals surface area contributed by atoms with Gasteiger partial charge >= 0.3 is 0 Å². The molecular formula is C15H23NO4S. The molecule has 0 fully saturated rings. The lowest BCUT2D eigenvalue weighted by Crippen LogP contribution is -2.38. The van der Waals surface area contributed by atoms with Gasteiger partial charge in [0.25, 0.3) is 0 Å². The van der Waals surface area contributed by atoms with Crippen molar-refractivity contribution in [3.63, 3.8) is 0 Å². The van der Waals surface area contributed by atoms with E-state index >= 15 is 0 Å². The molecule has 5 nitrogen and oxygen atoms in total. The lowest BCUT2D eigenvalue weighted by atomic mass is 10.1. The Morgan fingerprint density at radius 1 is 1.33 bits per heavy atom. The van der Waals surface area contributed by atoms with Crippen molar-refractivity contribution in [2.75, 3.05) is 6.61 Å². The minimum Gasteiger partial charge on any atom is -0.395 e. The molecular weight excluding hydrogens is 290 g/mol. The molecule has 0 bridgehead atoms. The summed E-state index contributed by atoms with van der Waals surface area (Å²) in [6.07, 6.45) is 0.868. The highest BCUT2D eigenvalue weighted by Gasteiger charge is 2.21. The molecule has 2 N–H and O–H groups in total. The highest BCUT2D eigenvalue weighted by molar-refractivity contribution is 7.89. The van der Waals surface area contributed by atoms with E-state index in [0.717, 1.165) is 0 Å². The average Bonchev–Trinajstić information content (AvgIpc) is 2.45. The first kappa shape index (κ1) is 17.8. The van der Waals surface area contributed by atoms with Gasteiger partial charge in [-0.3, -0.25) is 4.79 Å². The number of hydrogen-bond acceptors (Lipinski definition) is 4. The molecule has 1 unspecified atom stereocenters. The second kappa shape index (κ2) is 7.68.